The lowest BCUT2D eigenvalue weighted by molar-refractivity contribution is 0.0711. The Labute approximate surface area is 136 Å². The van der Waals surface area contributed by atoms with E-state index in [9.17, 15) is 4.79 Å². The first kappa shape index (κ1) is 14.7. The third-order valence-electron chi connectivity index (χ3n) is 5.53. The van der Waals surface area contributed by atoms with Gasteiger partial charge in [-0.05, 0) is 43.4 Å². The van der Waals surface area contributed by atoms with Crippen LogP contribution in [0.15, 0.2) is 18.2 Å². The standard InChI is InChI=1S/C18H24N4O/c23-18(14-8-9-16-17(12-14)20-21-19-16)22-10-4-7-15(22)11-13-5-2-1-3-6-13/h8-9,12-13,15H,1-7,10-11H2,(H,19,20,21). The van der Waals surface area contributed by atoms with E-state index in [2.05, 4.69) is 20.3 Å². The summed E-state index contributed by atoms with van der Waals surface area (Å²) in [5.74, 6) is 0.980. The number of hydrogen-bond acceptors (Lipinski definition) is 3. The van der Waals surface area contributed by atoms with Crippen molar-refractivity contribution in [1.29, 1.82) is 0 Å². The molecular weight excluding hydrogens is 288 g/mol. The molecule has 1 saturated carbocycles. The predicted molar refractivity (Wildman–Crippen MR) is 89.1 cm³/mol. The van der Waals surface area contributed by atoms with Crippen LogP contribution in [-0.4, -0.2) is 38.8 Å². The van der Waals surface area contributed by atoms with Gasteiger partial charge in [-0.3, -0.25) is 4.79 Å². The number of rotatable bonds is 3. The van der Waals surface area contributed by atoms with E-state index in [1.165, 1.54) is 38.5 Å². The van der Waals surface area contributed by atoms with Crippen LogP contribution in [-0.2, 0) is 0 Å². The second-order valence-corrected chi connectivity index (χ2v) is 7.06. The molecule has 1 aliphatic heterocycles. The number of carbonyl (C=O) groups is 1. The van der Waals surface area contributed by atoms with Crippen molar-refractivity contribution in [3.05, 3.63) is 23.8 Å². The molecule has 5 heteroatoms. The van der Waals surface area contributed by atoms with Crippen molar-refractivity contribution in [1.82, 2.24) is 20.3 Å². The van der Waals surface area contributed by atoms with E-state index in [0.29, 0.717) is 6.04 Å². The molecule has 1 aliphatic carbocycles. The van der Waals surface area contributed by atoms with Gasteiger partial charge in [-0.15, -0.1) is 0 Å². The highest BCUT2D eigenvalue weighted by Gasteiger charge is 2.31. The fourth-order valence-corrected chi connectivity index (χ4v) is 4.29. The number of aromatic nitrogens is 3. The molecular formula is C18H24N4O. The maximum Gasteiger partial charge on any atom is 0.254 e. The minimum absolute atomic E-state index is 0.160. The predicted octanol–water partition coefficient (Wildman–Crippen LogP) is 3.53. The molecule has 1 N–H and O–H groups in total. The molecule has 122 valence electrons. The summed E-state index contributed by atoms with van der Waals surface area (Å²) in [7, 11) is 0. The van der Waals surface area contributed by atoms with Gasteiger partial charge in [0.2, 0.25) is 0 Å². The summed E-state index contributed by atoms with van der Waals surface area (Å²) in [6.07, 6.45) is 10.3. The molecule has 1 atom stereocenters. The minimum atomic E-state index is 0.160. The van der Waals surface area contributed by atoms with Crippen LogP contribution in [0.2, 0.25) is 0 Å². The second kappa shape index (κ2) is 6.30. The SMILES string of the molecule is O=C(c1ccc2n[nH]nc2c1)N1CCCC1CC1CCCCC1. The molecule has 0 spiro atoms. The normalized spacial score (nSPS) is 22.8. The van der Waals surface area contributed by atoms with Crippen molar-refractivity contribution in [2.75, 3.05) is 6.54 Å². The largest absolute Gasteiger partial charge is 0.336 e. The van der Waals surface area contributed by atoms with Gasteiger partial charge in [0.1, 0.15) is 11.0 Å². The maximum atomic E-state index is 12.9. The first-order valence-corrected chi connectivity index (χ1v) is 8.93. The molecule has 1 aromatic heterocycles. The summed E-state index contributed by atoms with van der Waals surface area (Å²) in [5.41, 5.74) is 2.31. The molecule has 4 rings (SSSR count). The zero-order chi connectivity index (χ0) is 15.6. The highest BCUT2D eigenvalue weighted by molar-refractivity contribution is 5.97. The van der Waals surface area contributed by atoms with Crippen LogP contribution in [0.4, 0.5) is 0 Å². The van der Waals surface area contributed by atoms with Gasteiger partial charge in [0.05, 0.1) is 0 Å². The summed E-state index contributed by atoms with van der Waals surface area (Å²) < 4.78 is 0. The van der Waals surface area contributed by atoms with E-state index in [1.807, 2.05) is 18.2 Å². The van der Waals surface area contributed by atoms with Gasteiger partial charge in [0.25, 0.3) is 5.91 Å². The van der Waals surface area contributed by atoms with Crippen molar-refractivity contribution in [3.8, 4) is 0 Å². The van der Waals surface area contributed by atoms with Crippen molar-refractivity contribution in [3.63, 3.8) is 0 Å². The van der Waals surface area contributed by atoms with Crippen LogP contribution in [0.1, 0.15) is 61.7 Å². The molecule has 1 unspecified atom stereocenters. The topological polar surface area (TPSA) is 61.9 Å². The molecule has 2 aliphatic rings. The number of carbonyl (C=O) groups excluding carboxylic acids is 1. The first-order valence-electron chi connectivity index (χ1n) is 8.93. The van der Waals surface area contributed by atoms with Gasteiger partial charge in [0, 0.05) is 18.2 Å². The number of benzene rings is 1. The number of hydrogen-bond donors (Lipinski definition) is 1. The molecule has 5 nitrogen and oxygen atoms in total. The molecule has 1 saturated heterocycles. The number of amides is 1. The zero-order valence-corrected chi connectivity index (χ0v) is 13.5. The van der Waals surface area contributed by atoms with E-state index >= 15 is 0 Å². The number of nitrogens with zero attached hydrogens (tertiary/aromatic N) is 3. The molecule has 0 bridgehead atoms. The lowest BCUT2D eigenvalue weighted by Gasteiger charge is -2.30. The van der Waals surface area contributed by atoms with Crippen LogP contribution in [0.5, 0.6) is 0 Å². The molecule has 2 fully saturated rings. The molecule has 2 heterocycles. The Morgan fingerprint density at radius 2 is 1.91 bits per heavy atom. The van der Waals surface area contributed by atoms with Crippen molar-refractivity contribution in [2.45, 2.75) is 57.4 Å². The van der Waals surface area contributed by atoms with E-state index in [-0.39, 0.29) is 5.91 Å². The second-order valence-electron chi connectivity index (χ2n) is 7.06. The zero-order valence-electron chi connectivity index (χ0n) is 13.5. The van der Waals surface area contributed by atoms with Crippen LogP contribution in [0.25, 0.3) is 11.0 Å². The van der Waals surface area contributed by atoms with Crippen LogP contribution in [0.3, 0.4) is 0 Å². The number of H-pyrrole nitrogens is 1. The average Bonchev–Trinajstić information content (AvgIpc) is 3.23. The maximum absolute atomic E-state index is 12.9. The number of fused-ring (bicyclic) bond motifs is 1. The van der Waals surface area contributed by atoms with Gasteiger partial charge in [-0.25, -0.2) is 0 Å². The Morgan fingerprint density at radius 3 is 2.78 bits per heavy atom. The number of nitrogens with one attached hydrogen (secondary N) is 1. The molecule has 23 heavy (non-hydrogen) atoms. The fourth-order valence-electron chi connectivity index (χ4n) is 4.29. The van der Waals surface area contributed by atoms with Crippen LogP contribution in [0, 0.1) is 5.92 Å². The van der Waals surface area contributed by atoms with Gasteiger partial charge < -0.3 is 4.90 Å². The minimum Gasteiger partial charge on any atom is -0.336 e. The highest BCUT2D eigenvalue weighted by Crippen LogP contribution is 2.32. The number of likely N-dealkylation sites (tertiary alicyclic amines) is 1. The summed E-state index contributed by atoms with van der Waals surface area (Å²) in [6, 6.07) is 6.04. The van der Waals surface area contributed by atoms with Crippen LogP contribution < -0.4 is 0 Å². The molecule has 1 aromatic carbocycles. The lowest BCUT2D eigenvalue weighted by atomic mass is 9.84. The Bertz CT molecular complexity index is 689. The van der Waals surface area contributed by atoms with Crippen molar-refractivity contribution in [2.24, 2.45) is 5.92 Å². The fraction of sp³-hybridized carbons (Fsp3) is 0.611. The Kier molecular flexibility index (Phi) is 4.02. The third kappa shape index (κ3) is 2.96. The molecule has 1 amide bonds. The molecule has 2 aromatic rings. The van der Waals surface area contributed by atoms with Crippen molar-refractivity contribution >= 4 is 16.9 Å². The van der Waals surface area contributed by atoms with Crippen LogP contribution >= 0.6 is 0 Å². The number of aromatic amines is 1. The Balaban J connectivity index is 1.49. The van der Waals surface area contributed by atoms with Gasteiger partial charge in [-0.1, -0.05) is 32.1 Å². The first-order chi connectivity index (χ1) is 11.3. The average molecular weight is 312 g/mol. The Morgan fingerprint density at radius 1 is 1.09 bits per heavy atom. The third-order valence-corrected chi connectivity index (χ3v) is 5.53. The summed E-state index contributed by atoms with van der Waals surface area (Å²) in [4.78, 5) is 15.0. The highest BCUT2D eigenvalue weighted by atomic mass is 16.2. The summed E-state index contributed by atoms with van der Waals surface area (Å²) >= 11 is 0. The van der Waals surface area contributed by atoms with Crippen molar-refractivity contribution < 1.29 is 4.79 Å². The summed E-state index contributed by atoms with van der Waals surface area (Å²) in [6.45, 7) is 0.896. The Hall–Kier alpha value is -1.91. The lowest BCUT2D eigenvalue weighted by Crippen LogP contribution is -2.37. The molecule has 0 radical (unpaired) electrons. The summed E-state index contributed by atoms with van der Waals surface area (Å²) in [5, 5.41) is 10.8. The van der Waals surface area contributed by atoms with E-state index in [4.69, 9.17) is 0 Å². The quantitative estimate of drug-likeness (QED) is 0.943. The van der Waals surface area contributed by atoms with E-state index < -0.39 is 0 Å². The van der Waals surface area contributed by atoms with E-state index in [1.54, 1.807) is 0 Å². The monoisotopic (exact) mass is 312 g/mol. The van der Waals surface area contributed by atoms with Gasteiger partial charge in [0.15, 0.2) is 0 Å². The van der Waals surface area contributed by atoms with Gasteiger partial charge in [-0.2, -0.15) is 15.4 Å². The van der Waals surface area contributed by atoms with Gasteiger partial charge >= 0.3 is 0 Å². The van der Waals surface area contributed by atoms with E-state index in [0.717, 1.165) is 41.9 Å². The smallest absolute Gasteiger partial charge is 0.254 e.